The number of nitrogen functional groups attached to an aromatic ring is 1. The first-order valence-electron chi connectivity index (χ1n) is 7.41. The minimum atomic E-state index is -5.08. The van der Waals surface area contributed by atoms with Crippen molar-refractivity contribution in [3.05, 3.63) is 57.0 Å². The molecule has 2 heterocycles. The van der Waals surface area contributed by atoms with E-state index >= 15 is 0 Å². The molecule has 0 radical (unpaired) electrons. The normalized spacial score (nSPS) is 12.4. The monoisotopic (exact) mass is 421 g/mol. The maximum atomic E-state index is 13.2. The predicted molar refractivity (Wildman–Crippen MR) is 87.4 cm³/mol. The van der Waals surface area contributed by atoms with Gasteiger partial charge in [-0.15, -0.1) is 10.2 Å². The van der Waals surface area contributed by atoms with Gasteiger partial charge < -0.3 is 5.73 Å². The molecule has 0 saturated heterocycles. The predicted octanol–water partition coefficient (Wildman–Crippen LogP) is 3.43. The van der Waals surface area contributed by atoms with Gasteiger partial charge in [-0.05, 0) is 5.56 Å². The van der Waals surface area contributed by atoms with E-state index in [0.29, 0.717) is 5.56 Å². The molecule has 0 unspecified atom stereocenters. The van der Waals surface area contributed by atoms with Gasteiger partial charge in [0.1, 0.15) is 5.69 Å². The number of anilines is 1. The van der Waals surface area contributed by atoms with Crippen LogP contribution in [0, 0.1) is 0 Å². The molecule has 3 aromatic rings. The molecule has 0 aliphatic carbocycles. The Morgan fingerprint density at radius 3 is 2.18 bits per heavy atom. The van der Waals surface area contributed by atoms with Crippen LogP contribution >= 0.6 is 11.3 Å². The zero-order valence-electron chi connectivity index (χ0n) is 13.5. The van der Waals surface area contributed by atoms with Gasteiger partial charge in [0.05, 0.1) is 6.54 Å². The largest absolute Gasteiger partial charge is 0.445 e. The molecule has 0 saturated carbocycles. The lowest BCUT2D eigenvalue weighted by Crippen LogP contribution is -2.30. The van der Waals surface area contributed by atoms with Crippen molar-refractivity contribution in [1.29, 1.82) is 0 Å². The Labute approximate surface area is 156 Å². The number of nitrogens with two attached hydrogens (primary N) is 1. The maximum absolute atomic E-state index is 13.2. The molecule has 0 aliphatic rings. The van der Waals surface area contributed by atoms with Gasteiger partial charge in [0.15, 0.2) is 16.5 Å². The molecule has 0 fully saturated rings. The van der Waals surface area contributed by atoms with E-state index in [1.807, 2.05) is 0 Å². The summed E-state index contributed by atoms with van der Waals surface area (Å²) in [5.41, 5.74) is 1.71. The first-order chi connectivity index (χ1) is 13.0. The van der Waals surface area contributed by atoms with Gasteiger partial charge in [-0.1, -0.05) is 41.7 Å². The van der Waals surface area contributed by atoms with Gasteiger partial charge in [-0.3, -0.25) is 9.36 Å². The van der Waals surface area contributed by atoms with E-state index in [2.05, 4.69) is 15.2 Å². The number of halogens is 6. The highest BCUT2D eigenvalue weighted by molar-refractivity contribution is 7.14. The van der Waals surface area contributed by atoms with Crippen molar-refractivity contribution in [2.45, 2.75) is 18.9 Å². The summed E-state index contributed by atoms with van der Waals surface area (Å²) in [5.74, 6) is -0.705. The second kappa shape index (κ2) is 6.89. The first kappa shape index (κ1) is 19.8. The summed E-state index contributed by atoms with van der Waals surface area (Å²) in [4.78, 5) is 15.8. The maximum Gasteiger partial charge on any atom is 0.445 e. The molecular formula is C15H9F6N5OS. The number of hydrogen-bond acceptors (Lipinski definition) is 6. The van der Waals surface area contributed by atoms with Crippen molar-refractivity contribution < 1.29 is 26.3 Å². The van der Waals surface area contributed by atoms with Gasteiger partial charge in [0.25, 0.3) is 5.56 Å². The van der Waals surface area contributed by atoms with E-state index in [1.54, 1.807) is 30.3 Å². The molecule has 2 N–H and O–H groups in total. The van der Waals surface area contributed by atoms with Crippen LogP contribution in [0.3, 0.4) is 0 Å². The van der Waals surface area contributed by atoms with Crippen LogP contribution in [-0.2, 0) is 18.9 Å². The number of aromatic nitrogens is 4. The highest BCUT2D eigenvalue weighted by Gasteiger charge is 2.39. The summed E-state index contributed by atoms with van der Waals surface area (Å²) in [7, 11) is 0. The SMILES string of the molecule is Nc1c(C(F)(F)F)nc(-c2nnc(C(F)(F)F)s2)n(Cc2ccccc2)c1=O. The second-order valence-corrected chi connectivity index (χ2v) is 6.46. The Hall–Kier alpha value is -2.96. The van der Waals surface area contributed by atoms with E-state index in [4.69, 9.17) is 5.73 Å². The van der Waals surface area contributed by atoms with Crippen LogP contribution in [-0.4, -0.2) is 19.7 Å². The van der Waals surface area contributed by atoms with Crippen molar-refractivity contribution in [2.75, 3.05) is 5.73 Å². The van der Waals surface area contributed by atoms with Crippen LogP contribution in [0.4, 0.5) is 32.0 Å². The van der Waals surface area contributed by atoms with Gasteiger partial charge in [-0.25, -0.2) is 4.98 Å². The molecule has 0 bridgehead atoms. The van der Waals surface area contributed by atoms with E-state index in [1.165, 1.54) is 0 Å². The quantitative estimate of drug-likeness (QED) is 0.655. The lowest BCUT2D eigenvalue weighted by atomic mass is 10.2. The molecule has 6 nitrogen and oxygen atoms in total. The van der Waals surface area contributed by atoms with E-state index < -0.39 is 45.1 Å². The van der Waals surface area contributed by atoms with Crippen molar-refractivity contribution in [1.82, 2.24) is 19.7 Å². The fourth-order valence-electron chi connectivity index (χ4n) is 2.29. The molecule has 0 atom stereocenters. The third-order valence-corrected chi connectivity index (χ3v) is 4.48. The van der Waals surface area contributed by atoms with Crippen molar-refractivity contribution in [3.8, 4) is 10.8 Å². The molecule has 2 aromatic heterocycles. The highest BCUT2D eigenvalue weighted by Crippen LogP contribution is 2.36. The Kier molecular flexibility index (Phi) is 4.87. The third kappa shape index (κ3) is 3.83. The third-order valence-electron chi connectivity index (χ3n) is 3.51. The molecule has 3 rings (SSSR count). The van der Waals surface area contributed by atoms with Crippen LogP contribution in [0.2, 0.25) is 0 Å². The van der Waals surface area contributed by atoms with Crippen LogP contribution in [0.15, 0.2) is 35.1 Å². The molecular weight excluding hydrogens is 412 g/mol. The lowest BCUT2D eigenvalue weighted by molar-refractivity contribution is -0.140. The molecule has 0 spiro atoms. The number of rotatable bonds is 3. The summed E-state index contributed by atoms with van der Waals surface area (Å²) >= 11 is -0.0261. The Bertz CT molecular complexity index is 1060. The Morgan fingerprint density at radius 1 is 1.00 bits per heavy atom. The zero-order valence-corrected chi connectivity index (χ0v) is 14.4. The van der Waals surface area contributed by atoms with Crippen molar-refractivity contribution in [3.63, 3.8) is 0 Å². The fourth-order valence-corrected chi connectivity index (χ4v) is 3.00. The standard InChI is InChI=1S/C15H9F6N5OS/c16-14(17,18)9-8(22)12(27)26(6-7-4-2-1-3-5-7)10(23-9)11-24-25-13(28-11)15(19,20)21/h1-5H,6,22H2. The lowest BCUT2D eigenvalue weighted by Gasteiger charge is -2.15. The average molecular weight is 421 g/mol. The zero-order chi connectivity index (χ0) is 20.7. The second-order valence-electron chi connectivity index (χ2n) is 5.48. The number of hydrogen-bond donors (Lipinski definition) is 1. The minimum Gasteiger partial charge on any atom is -0.392 e. The number of benzene rings is 1. The van der Waals surface area contributed by atoms with Gasteiger partial charge in [0.2, 0.25) is 5.01 Å². The van der Waals surface area contributed by atoms with Crippen LogP contribution in [0.1, 0.15) is 16.3 Å². The number of nitrogens with zero attached hydrogens (tertiary/aromatic N) is 4. The molecule has 0 aliphatic heterocycles. The summed E-state index contributed by atoms with van der Waals surface area (Å²) in [5, 5.41) is 4.23. The first-order valence-corrected chi connectivity index (χ1v) is 8.22. The van der Waals surface area contributed by atoms with E-state index in [-0.39, 0.29) is 17.9 Å². The van der Waals surface area contributed by atoms with Crippen molar-refractivity contribution >= 4 is 17.0 Å². The van der Waals surface area contributed by atoms with Crippen LogP contribution in [0.25, 0.3) is 10.8 Å². The molecule has 28 heavy (non-hydrogen) atoms. The smallest absolute Gasteiger partial charge is 0.392 e. The van der Waals surface area contributed by atoms with Crippen LogP contribution < -0.4 is 11.3 Å². The minimum absolute atomic E-state index is 0.0261. The van der Waals surface area contributed by atoms with Gasteiger partial charge in [-0.2, -0.15) is 26.3 Å². The summed E-state index contributed by atoms with van der Waals surface area (Å²) in [6, 6.07) is 8.06. The van der Waals surface area contributed by atoms with E-state index in [9.17, 15) is 31.1 Å². The summed E-state index contributed by atoms with van der Waals surface area (Å²) in [6.45, 7) is -0.273. The topological polar surface area (TPSA) is 86.7 Å². The van der Waals surface area contributed by atoms with Gasteiger partial charge >= 0.3 is 12.4 Å². The Balaban J connectivity index is 2.24. The molecule has 1 aromatic carbocycles. The molecule has 0 amide bonds. The van der Waals surface area contributed by atoms with Crippen molar-refractivity contribution in [2.24, 2.45) is 0 Å². The Morgan fingerprint density at radius 2 is 1.64 bits per heavy atom. The van der Waals surface area contributed by atoms with Crippen LogP contribution in [0.5, 0.6) is 0 Å². The number of alkyl halides is 6. The molecule has 148 valence electrons. The molecule has 13 heteroatoms. The summed E-state index contributed by atoms with van der Waals surface area (Å²) in [6.07, 6.45) is -9.93. The average Bonchev–Trinajstić information content (AvgIpc) is 3.09. The van der Waals surface area contributed by atoms with Gasteiger partial charge in [0, 0.05) is 0 Å². The fraction of sp³-hybridized carbons (Fsp3) is 0.200. The summed E-state index contributed by atoms with van der Waals surface area (Å²) < 4.78 is 78.6. The van der Waals surface area contributed by atoms with E-state index in [0.717, 1.165) is 4.57 Å². The highest BCUT2D eigenvalue weighted by atomic mass is 32.1.